The minimum atomic E-state index is -0.407. The first-order chi connectivity index (χ1) is 8.61. The van der Waals surface area contributed by atoms with Crippen molar-refractivity contribution in [3.8, 4) is 11.5 Å². The van der Waals surface area contributed by atoms with Crippen LogP contribution in [0.1, 0.15) is 11.1 Å². The largest absolute Gasteiger partial charge is 0.454 e. The quantitative estimate of drug-likeness (QED) is 0.682. The van der Waals surface area contributed by atoms with E-state index in [1.54, 1.807) is 18.2 Å². The summed E-state index contributed by atoms with van der Waals surface area (Å²) in [6.45, 7) is 1.90. The Morgan fingerprint density at radius 3 is 2.72 bits per heavy atom. The van der Waals surface area contributed by atoms with Crippen molar-refractivity contribution in [1.29, 1.82) is 0 Å². The SMILES string of the molecule is Cc1cc(Br)ccc1Oc1c(F)cccc1CCl. The molecule has 0 aliphatic heterocycles. The number of halogens is 3. The van der Waals surface area contributed by atoms with Gasteiger partial charge in [0.05, 0.1) is 5.88 Å². The third-order valence-corrected chi connectivity index (χ3v) is 3.32. The molecule has 94 valence electrons. The molecule has 0 N–H and O–H groups in total. The van der Waals surface area contributed by atoms with Crippen LogP contribution in [0.3, 0.4) is 0 Å². The molecule has 0 bridgehead atoms. The Bertz CT molecular complexity index is 572. The van der Waals surface area contributed by atoms with E-state index in [1.807, 2.05) is 19.1 Å². The second kappa shape index (κ2) is 5.72. The molecule has 0 amide bonds. The first-order valence-corrected chi connectivity index (χ1v) is 6.72. The van der Waals surface area contributed by atoms with Crippen LogP contribution in [-0.4, -0.2) is 0 Å². The Hall–Kier alpha value is -1.06. The molecule has 0 fully saturated rings. The van der Waals surface area contributed by atoms with Crippen molar-refractivity contribution in [1.82, 2.24) is 0 Å². The summed E-state index contributed by atoms with van der Waals surface area (Å²) in [4.78, 5) is 0. The molecule has 0 unspecified atom stereocenters. The highest BCUT2D eigenvalue weighted by molar-refractivity contribution is 9.10. The van der Waals surface area contributed by atoms with Crippen LogP contribution in [0.5, 0.6) is 11.5 Å². The van der Waals surface area contributed by atoms with Crippen molar-refractivity contribution in [3.05, 3.63) is 57.8 Å². The maximum Gasteiger partial charge on any atom is 0.167 e. The molecule has 0 aliphatic carbocycles. The lowest BCUT2D eigenvalue weighted by Crippen LogP contribution is -1.94. The van der Waals surface area contributed by atoms with Gasteiger partial charge in [-0.3, -0.25) is 0 Å². The monoisotopic (exact) mass is 328 g/mol. The molecule has 2 aromatic carbocycles. The maximum absolute atomic E-state index is 13.7. The maximum atomic E-state index is 13.7. The summed E-state index contributed by atoms with van der Waals surface area (Å²) in [5.41, 5.74) is 1.56. The van der Waals surface area contributed by atoms with Gasteiger partial charge in [0.2, 0.25) is 0 Å². The van der Waals surface area contributed by atoms with E-state index in [2.05, 4.69) is 15.9 Å². The van der Waals surface area contributed by atoms with E-state index < -0.39 is 5.82 Å². The molecule has 0 saturated heterocycles. The highest BCUT2D eigenvalue weighted by Gasteiger charge is 2.11. The van der Waals surface area contributed by atoms with Crippen LogP contribution >= 0.6 is 27.5 Å². The summed E-state index contributed by atoms with van der Waals surface area (Å²) < 4.78 is 20.3. The Kier molecular flexibility index (Phi) is 4.25. The van der Waals surface area contributed by atoms with E-state index in [1.165, 1.54) is 6.07 Å². The molecular formula is C14H11BrClFO. The van der Waals surface area contributed by atoms with E-state index in [-0.39, 0.29) is 11.6 Å². The van der Waals surface area contributed by atoms with Crippen molar-refractivity contribution >= 4 is 27.5 Å². The molecule has 0 radical (unpaired) electrons. The predicted octanol–water partition coefficient (Wildman–Crippen LogP) is 5.43. The van der Waals surface area contributed by atoms with Gasteiger partial charge in [0, 0.05) is 10.0 Å². The van der Waals surface area contributed by atoms with Gasteiger partial charge in [-0.15, -0.1) is 11.6 Å². The Labute approximate surface area is 119 Å². The van der Waals surface area contributed by atoms with Crippen LogP contribution in [0.2, 0.25) is 0 Å². The van der Waals surface area contributed by atoms with E-state index in [0.717, 1.165) is 10.0 Å². The van der Waals surface area contributed by atoms with Crippen molar-refractivity contribution in [2.24, 2.45) is 0 Å². The van der Waals surface area contributed by atoms with E-state index in [0.29, 0.717) is 11.3 Å². The van der Waals surface area contributed by atoms with Crippen molar-refractivity contribution < 1.29 is 9.13 Å². The van der Waals surface area contributed by atoms with Crippen LogP contribution < -0.4 is 4.74 Å². The fourth-order valence-electron chi connectivity index (χ4n) is 1.61. The smallest absolute Gasteiger partial charge is 0.167 e. The van der Waals surface area contributed by atoms with Crippen molar-refractivity contribution in [3.63, 3.8) is 0 Å². The normalized spacial score (nSPS) is 10.4. The lowest BCUT2D eigenvalue weighted by atomic mass is 10.2. The molecule has 0 atom stereocenters. The second-order valence-corrected chi connectivity index (χ2v) is 5.06. The average molecular weight is 330 g/mol. The van der Waals surface area contributed by atoms with E-state index in [4.69, 9.17) is 16.3 Å². The predicted molar refractivity (Wildman–Crippen MR) is 74.9 cm³/mol. The average Bonchev–Trinajstić information content (AvgIpc) is 2.34. The molecule has 1 nitrogen and oxygen atoms in total. The standard InChI is InChI=1S/C14H11BrClFO/c1-9-7-11(15)5-6-13(9)18-14-10(8-16)3-2-4-12(14)17/h2-7H,8H2,1H3. The summed E-state index contributed by atoms with van der Waals surface area (Å²) in [6.07, 6.45) is 0. The number of rotatable bonds is 3. The zero-order chi connectivity index (χ0) is 13.1. The lowest BCUT2D eigenvalue weighted by Gasteiger charge is -2.12. The van der Waals surface area contributed by atoms with Crippen LogP contribution in [-0.2, 0) is 5.88 Å². The first-order valence-electron chi connectivity index (χ1n) is 5.39. The van der Waals surface area contributed by atoms with Gasteiger partial charge in [0.1, 0.15) is 5.75 Å². The molecule has 0 aromatic heterocycles. The zero-order valence-corrected chi connectivity index (χ0v) is 12.1. The number of aryl methyl sites for hydroxylation is 1. The van der Waals surface area contributed by atoms with Gasteiger partial charge in [-0.1, -0.05) is 28.1 Å². The highest BCUT2D eigenvalue weighted by Crippen LogP contribution is 2.32. The van der Waals surface area contributed by atoms with Crippen molar-refractivity contribution in [2.45, 2.75) is 12.8 Å². The van der Waals surface area contributed by atoms with Gasteiger partial charge < -0.3 is 4.74 Å². The minimum Gasteiger partial charge on any atom is -0.454 e. The highest BCUT2D eigenvalue weighted by atomic mass is 79.9. The zero-order valence-electron chi connectivity index (χ0n) is 9.71. The Balaban J connectivity index is 2.39. The first kappa shape index (κ1) is 13.4. The van der Waals surface area contributed by atoms with Gasteiger partial charge in [0.25, 0.3) is 0 Å². The van der Waals surface area contributed by atoms with Crippen molar-refractivity contribution in [2.75, 3.05) is 0 Å². The molecule has 0 aliphatic rings. The molecular weight excluding hydrogens is 319 g/mol. The van der Waals surface area contributed by atoms with Crippen LogP contribution in [0, 0.1) is 12.7 Å². The number of benzene rings is 2. The van der Waals surface area contributed by atoms with Gasteiger partial charge in [-0.25, -0.2) is 4.39 Å². The van der Waals surface area contributed by atoms with Gasteiger partial charge >= 0.3 is 0 Å². The fourth-order valence-corrected chi connectivity index (χ4v) is 2.30. The number of hydrogen-bond donors (Lipinski definition) is 0. The van der Waals surface area contributed by atoms with Crippen LogP contribution in [0.15, 0.2) is 40.9 Å². The van der Waals surface area contributed by atoms with Crippen LogP contribution in [0.25, 0.3) is 0 Å². The van der Waals surface area contributed by atoms with Gasteiger partial charge in [-0.2, -0.15) is 0 Å². The van der Waals surface area contributed by atoms with Crippen LogP contribution in [0.4, 0.5) is 4.39 Å². The van der Waals surface area contributed by atoms with Gasteiger partial charge in [-0.05, 0) is 36.8 Å². The summed E-state index contributed by atoms with van der Waals surface area (Å²) in [5, 5.41) is 0. The third-order valence-electron chi connectivity index (χ3n) is 2.54. The molecule has 4 heteroatoms. The molecule has 2 aromatic rings. The Morgan fingerprint density at radius 2 is 2.06 bits per heavy atom. The number of para-hydroxylation sites is 1. The number of ether oxygens (including phenoxy) is 1. The molecule has 18 heavy (non-hydrogen) atoms. The molecule has 0 spiro atoms. The number of alkyl halides is 1. The summed E-state index contributed by atoms with van der Waals surface area (Å²) in [5.74, 6) is 0.617. The fraction of sp³-hybridized carbons (Fsp3) is 0.143. The molecule has 0 heterocycles. The molecule has 2 rings (SSSR count). The lowest BCUT2D eigenvalue weighted by molar-refractivity contribution is 0.435. The topological polar surface area (TPSA) is 9.23 Å². The Morgan fingerprint density at radius 1 is 1.28 bits per heavy atom. The third kappa shape index (κ3) is 2.85. The minimum absolute atomic E-state index is 0.193. The summed E-state index contributed by atoms with van der Waals surface area (Å²) in [7, 11) is 0. The van der Waals surface area contributed by atoms with E-state index >= 15 is 0 Å². The summed E-state index contributed by atoms with van der Waals surface area (Å²) >= 11 is 9.15. The van der Waals surface area contributed by atoms with Gasteiger partial charge in [0.15, 0.2) is 11.6 Å². The second-order valence-electron chi connectivity index (χ2n) is 3.87. The number of hydrogen-bond acceptors (Lipinski definition) is 1. The molecule has 0 saturated carbocycles. The summed E-state index contributed by atoms with van der Waals surface area (Å²) in [6, 6.07) is 10.3. The van der Waals surface area contributed by atoms with E-state index in [9.17, 15) is 4.39 Å².